The van der Waals surface area contributed by atoms with Crippen molar-refractivity contribution >= 4 is 5.91 Å². The zero-order valence-corrected chi connectivity index (χ0v) is 15.3. The lowest BCUT2D eigenvalue weighted by Gasteiger charge is -2.30. The summed E-state index contributed by atoms with van der Waals surface area (Å²) in [7, 11) is 1.89. The SMILES string of the molecule is CCC1(CC)CCCN(C(=O)COc2c(C)nn(C)c2C)CC1. The van der Waals surface area contributed by atoms with E-state index >= 15 is 0 Å². The molecule has 0 aromatic carbocycles. The zero-order chi connectivity index (χ0) is 17.0. The molecule has 0 saturated carbocycles. The molecule has 0 spiro atoms. The number of nitrogens with zero attached hydrogens (tertiary/aromatic N) is 3. The van der Waals surface area contributed by atoms with Gasteiger partial charge in [0.1, 0.15) is 5.69 Å². The second-order valence-electron chi connectivity index (χ2n) is 6.85. The Bertz CT molecular complexity index is 547. The molecule has 1 aromatic rings. The maximum Gasteiger partial charge on any atom is 0.260 e. The number of carbonyl (C=O) groups excluding carboxylic acids is 1. The maximum absolute atomic E-state index is 12.5. The smallest absolute Gasteiger partial charge is 0.260 e. The Hall–Kier alpha value is -1.52. The summed E-state index contributed by atoms with van der Waals surface area (Å²) in [6, 6.07) is 0. The first kappa shape index (κ1) is 17.8. The van der Waals surface area contributed by atoms with Crippen molar-refractivity contribution in [1.82, 2.24) is 14.7 Å². The van der Waals surface area contributed by atoms with E-state index in [1.54, 1.807) is 4.68 Å². The lowest BCUT2D eigenvalue weighted by atomic mass is 9.76. The first-order chi connectivity index (χ1) is 10.9. The van der Waals surface area contributed by atoms with Crippen LogP contribution in [0.3, 0.4) is 0 Å². The Kier molecular flexibility index (Phi) is 5.71. The molecule has 2 rings (SSSR count). The average molecular weight is 321 g/mol. The molecule has 1 amide bonds. The highest BCUT2D eigenvalue weighted by Crippen LogP contribution is 2.37. The fourth-order valence-electron chi connectivity index (χ4n) is 3.65. The van der Waals surface area contributed by atoms with Crippen LogP contribution in [0.15, 0.2) is 0 Å². The predicted molar refractivity (Wildman–Crippen MR) is 91.6 cm³/mol. The number of carbonyl (C=O) groups is 1. The Morgan fingerprint density at radius 2 is 1.91 bits per heavy atom. The third-order valence-electron chi connectivity index (χ3n) is 5.68. The van der Waals surface area contributed by atoms with Gasteiger partial charge in [0.25, 0.3) is 5.91 Å². The lowest BCUT2D eigenvalue weighted by Crippen LogP contribution is -2.36. The second-order valence-corrected chi connectivity index (χ2v) is 6.85. The van der Waals surface area contributed by atoms with Crippen molar-refractivity contribution in [2.75, 3.05) is 19.7 Å². The summed E-state index contributed by atoms with van der Waals surface area (Å²) in [5.41, 5.74) is 2.22. The topological polar surface area (TPSA) is 47.4 Å². The number of likely N-dealkylation sites (tertiary alicyclic amines) is 1. The summed E-state index contributed by atoms with van der Waals surface area (Å²) < 4.78 is 7.56. The highest BCUT2D eigenvalue weighted by molar-refractivity contribution is 5.77. The van der Waals surface area contributed by atoms with Gasteiger partial charge >= 0.3 is 0 Å². The van der Waals surface area contributed by atoms with Crippen LogP contribution >= 0.6 is 0 Å². The minimum Gasteiger partial charge on any atom is -0.480 e. The molecule has 0 atom stereocenters. The van der Waals surface area contributed by atoms with E-state index < -0.39 is 0 Å². The fourth-order valence-corrected chi connectivity index (χ4v) is 3.65. The van der Waals surface area contributed by atoms with Crippen molar-refractivity contribution in [3.63, 3.8) is 0 Å². The molecule has 1 saturated heterocycles. The normalized spacial score (nSPS) is 17.9. The van der Waals surface area contributed by atoms with Gasteiger partial charge < -0.3 is 9.64 Å². The van der Waals surface area contributed by atoms with Crippen molar-refractivity contribution in [3.8, 4) is 5.75 Å². The molecule has 1 aliphatic rings. The first-order valence-electron chi connectivity index (χ1n) is 8.83. The average Bonchev–Trinajstić information content (AvgIpc) is 2.73. The van der Waals surface area contributed by atoms with Crippen LogP contribution in [0.5, 0.6) is 5.75 Å². The predicted octanol–water partition coefficient (Wildman–Crippen LogP) is 3.23. The number of hydrogen-bond acceptors (Lipinski definition) is 3. The third-order valence-corrected chi connectivity index (χ3v) is 5.68. The summed E-state index contributed by atoms with van der Waals surface area (Å²) in [5, 5.41) is 4.32. The largest absolute Gasteiger partial charge is 0.480 e. The quantitative estimate of drug-likeness (QED) is 0.836. The molecule has 0 radical (unpaired) electrons. The van der Waals surface area contributed by atoms with E-state index in [4.69, 9.17) is 4.74 Å². The lowest BCUT2D eigenvalue weighted by molar-refractivity contribution is -0.133. The van der Waals surface area contributed by atoms with Crippen LogP contribution < -0.4 is 4.74 Å². The standard InChI is InChI=1S/C18H31N3O2/c1-6-18(7-2)9-8-11-21(12-10-18)16(22)13-23-17-14(3)19-20(5)15(17)4/h6-13H2,1-5H3. The molecular weight excluding hydrogens is 290 g/mol. The number of hydrogen-bond donors (Lipinski definition) is 0. The minimum atomic E-state index is 0.0932. The molecule has 130 valence electrons. The van der Waals surface area contributed by atoms with E-state index in [-0.39, 0.29) is 12.5 Å². The van der Waals surface area contributed by atoms with E-state index in [2.05, 4.69) is 18.9 Å². The van der Waals surface area contributed by atoms with Crippen LogP contribution in [0.1, 0.15) is 57.3 Å². The maximum atomic E-state index is 12.5. The number of rotatable bonds is 5. The van der Waals surface area contributed by atoms with Gasteiger partial charge in [-0.1, -0.05) is 26.7 Å². The summed E-state index contributed by atoms with van der Waals surface area (Å²) >= 11 is 0. The van der Waals surface area contributed by atoms with Crippen molar-refractivity contribution in [3.05, 3.63) is 11.4 Å². The van der Waals surface area contributed by atoms with Gasteiger partial charge in [0.05, 0.1) is 5.69 Å². The number of ether oxygens (including phenoxy) is 1. The molecule has 0 unspecified atom stereocenters. The Labute approximate surface area is 140 Å². The van der Waals surface area contributed by atoms with E-state index in [1.165, 1.54) is 19.3 Å². The van der Waals surface area contributed by atoms with Crippen LogP contribution in [0.2, 0.25) is 0 Å². The summed E-state index contributed by atoms with van der Waals surface area (Å²) in [6.45, 7) is 10.2. The zero-order valence-electron chi connectivity index (χ0n) is 15.3. The first-order valence-corrected chi connectivity index (χ1v) is 8.83. The van der Waals surface area contributed by atoms with E-state index in [1.807, 2.05) is 25.8 Å². The van der Waals surface area contributed by atoms with Crippen LogP contribution in [0.25, 0.3) is 0 Å². The molecule has 1 fully saturated rings. The molecular formula is C18H31N3O2. The molecule has 5 nitrogen and oxygen atoms in total. The molecule has 0 N–H and O–H groups in total. The third kappa shape index (κ3) is 3.88. The summed E-state index contributed by atoms with van der Waals surface area (Å²) in [4.78, 5) is 14.5. The van der Waals surface area contributed by atoms with E-state index in [0.29, 0.717) is 5.41 Å². The Morgan fingerprint density at radius 1 is 1.22 bits per heavy atom. The van der Waals surface area contributed by atoms with Gasteiger partial charge in [-0.3, -0.25) is 9.48 Å². The van der Waals surface area contributed by atoms with Crippen LogP contribution in [0.4, 0.5) is 0 Å². The van der Waals surface area contributed by atoms with Crippen molar-refractivity contribution in [2.24, 2.45) is 12.5 Å². The second kappa shape index (κ2) is 7.37. The summed E-state index contributed by atoms with van der Waals surface area (Å²) in [6.07, 6.45) is 5.84. The van der Waals surface area contributed by atoms with Crippen molar-refractivity contribution < 1.29 is 9.53 Å². The number of aryl methyl sites for hydroxylation is 2. The molecule has 2 heterocycles. The van der Waals surface area contributed by atoms with Gasteiger partial charge in [-0.15, -0.1) is 0 Å². The highest BCUT2D eigenvalue weighted by Gasteiger charge is 2.30. The Balaban J connectivity index is 1.93. The monoisotopic (exact) mass is 321 g/mol. The fraction of sp³-hybridized carbons (Fsp3) is 0.778. The molecule has 1 aromatic heterocycles. The van der Waals surface area contributed by atoms with Gasteiger partial charge in [0, 0.05) is 20.1 Å². The molecule has 0 aliphatic carbocycles. The molecule has 5 heteroatoms. The number of aromatic nitrogens is 2. The van der Waals surface area contributed by atoms with Crippen LogP contribution in [-0.2, 0) is 11.8 Å². The molecule has 23 heavy (non-hydrogen) atoms. The van der Waals surface area contributed by atoms with E-state index in [9.17, 15) is 4.79 Å². The van der Waals surface area contributed by atoms with Crippen molar-refractivity contribution in [1.29, 1.82) is 0 Å². The van der Waals surface area contributed by atoms with Gasteiger partial charge in [-0.2, -0.15) is 5.10 Å². The van der Waals surface area contributed by atoms with Crippen molar-refractivity contribution in [2.45, 2.75) is 59.8 Å². The molecule has 1 aliphatic heterocycles. The van der Waals surface area contributed by atoms with Gasteiger partial charge in [0.2, 0.25) is 0 Å². The van der Waals surface area contributed by atoms with Gasteiger partial charge in [-0.25, -0.2) is 0 Å². The highest BCUT2D eigenvalue weighted by atomic mass is 16.5. The van der Waals surface area contributed by atoms with Gasteiger partial charge in [0.15, 0.2) is 12.4 Å². The van der Waals surface area contributed by atoms with Crippen LogP contribution in [0, 0.1) is 19.3 Å². The van der Waals surface area contributed by atoms with E-state index in [0.717, 1.165) is 43.1 Å². The summed E-state index contributed by atoms with van der Waals surface area (Å²) in [5.74, 6) is 0.836. The Morgan fingerprint density at radius 3 is 2.48 bits per heavy atom. The van der Waals surface area contributed by atoms with Gasteiger partial charge in [-0.05, 0) is 38.5 Å². The van der Waals surface area contributed by atoms with Crippen LogP contribution in [-0.4, -0.2) is 40.3 Å². The molecule has 0 bridgehead atoms. The minimum absolute atomic E-state index is 0.0932. The number of amides is 1.